The summed E-state index contributed by atoms with van der Waals surface area (Å²) < 4.78 is 10.3. The van der Waals surface area contributed by atoms with E-state index in [1.165, 1.54) is 14.2 Å². The first-order valence-corrected chi connectivity index (χ1v) is 8.14. The molecule has 1 fully saturated rings. The van der Waals surface area contributed by atoms with Gasteiger partial charge in [0.25, 0.3) is 5.91 Å². The third-order valence-corrected chi connectivity index (χ3v) is 4.47. The highest BCUT2D eigenvalue weighted by Crippen LogP contribution is 2.37. The molecule has 0 spiro atoms. The normalized spacial score (nSPS) is 15.4. The minimum Gasteiger partial charge on any atom is -0.497 e. The maximum atomic E-state index is 13.3. The van der Waals surface area contributed by atoms with Crippen LogP contribution in [0.25, 0.3) is 0 Å². The van der Waals surface area contributed by atoms with Gasteiger partial charge in [0, 0.05) is 0 Å². The molecule has 8 heteroatoms. The lowest BCUT2D eigenvalue weighted by Gasteiger charge is -2.28. The number of hydrogen-bond acceptors (Lipinski definition) is 5. The second-order valence-electron chi connectivity index (χ2n) is 5.99. The van der Waals surface area contributed by atoms with E-state index in [2.05, 4.69) is 5.32 Å². The first-order chi connectivity index (χ1) is 12.9. The zero-order valence-electron chi connectivity index (χ0n) is 14.9. The Bertz CT molecular complexity index is 830. The van der Waals surface area contributed by atoms with Crippen molar-refractivity contribution in [2.75, 3.05) is 20.8 Å². The standard InChI is InChI=1S/C19H19N3O5/c1-26-14-7-3-12(4-8-14)19(13-5-9-15(27-2)10-6-13)17(24)22(11-16(20)23)18(25)21-19/h3-10H,11H2,1-2H3,(H2,20,23)(H,21,25). The number of nitrogens with two attached hydrogens (primary N) is 1. The Morgan fingerprint density at radius 2 is 1.41 bits per heavy atom. The number of carbonyl (C=O) groups excluding carboxylic acids is 3. The van der Waals surface area contributed by atoms with Crippen molar-refractivity contribution in [3.8, 4) is 11.5 Å². The number of urea groups is 1. The summed E-state index contributed by atoms with van der Waals surface area (Å²) in [6.07, 6.45) is 0. The van der Waals surface area contributed by atoms with Crippen LogP contribution in [-0.2, 0) is 15.1 Å². The van der Waals surface area contributed by atoms with Gasteiger partial charge in [0.15, 0.2) is 5.54 Å². The van der Waals surface area contributed by atoms with Crippen LogP contribution in [0.5, 0.6) is 11.5 Å². The fourth-order valence-corrected chi connectivity index (χ4v) is 3.12. The van der Waals surface area contributed by atoms with Crippen LogP contribution < -0.4 is 20.5 Å². The van der Waals surface area contributed by atoms with Gasteiger partial charge >= 0.3 is 6.03 Å². The van der Waals surface area contributed by atoms with Crippen molar-refractivity contribution in [1.29, 1.82) is 0 Å². The number of amides is 4. The highest BCUT2D eigenvalue weighted by molar-refractivity contribution is 6.11. The van der Waals surface area contributed by atoms with Gasteiger partial charge in [-0.3, -0.25) is 14.5 Å². The molecule has 2 aromatic rings. The summed E-state index contributed by atoms with van der Waals surface area (Å²) in [6.45, 7) is -0.501. The van der Waals surface area contributed by atoms with E-state index in [1.54, 1.807) is 48.5 Å². The van der Waals surface area contributed by atoms with Crippen molar-refractivity contribution < 1.29 is 23.9 Å². The smallest absolute Gasteiger partial charge is 0.326 e. The average Bonchev–Trinajstić information content (AvgIpc) is 2.93. The van der Waals surface area contributed by atoms with E-state index in [0.717, 1.165) is 4.90 Å². The molecule has 0 saturated carbocycles. The van der Waals surface area contributed by atoms with Gasteiger partial charge in [-0.25, -0.2) is 4.79 Å². The Labute approximate surface area is 155 Å². The minimum atomic E-state index is -1.48. The molecule has 1 saturated heterocycles. The van der Waals surface area contributed by atoms with Gasteiger partial charge in [0.2, 0.25) is 5.91 Å². The fourth-order valence-electron chi connectivity index (χ4n) is 3.12. The lowest BCUT2D eigenvalue weighted by molar-refractivity contribution is -0.133. The van der Waals surface area contributed by atoms with Crippen molar-refractivity contribution >= 4 is 17.8 Å². The van der Waals surface area contributed by atoms with Crippen LogP contribution in [0.3, 0.4) is 0 Å². The predicted molar refractivity (Wildman–Crippen MR) is 96.2 cm³/mol. The first-order valence-electron chi connectivity index (χ1n) is 8.14. The second-order valence-corrected chi connectivity index (χ2v) is 5.99. The number of methoxy groups -OCH3 is 2. The summed E-state index contributed by atoms with van der Waals surface area (Å²) in [7, 11) is 3.07. The van der Waals surface area contributed by atoms with Gasteiger partial charge in [0.05, 0.1) is 14.2 Å². The third-order valence-electron chi connectivity index (χ3n) is 4.47. The maximum absolute atomic E-state index is 13.3. The van der Waals surface area contributed by atoms with Gasteiger partial charge < -0.3 is 20.5 Å². The van der Waals surface area contributed by atoms with Crippen LogP contribution in [-0.4, -0.2) is 43.5 Å². The molecule has 0 radical (unpaired) electrons. The number of imide groups is 1. The summed E-state index contributed by atoms with van der Waals surface area (Å²) in [4.78, 5) is 37.9. The van der Waals surface area contributed by atoms with Crippen LogP contribution >= 0.6 is 0 Å². The molecule has 0 atom stereocenters. The molecular weight excluding hydrogens is 350 g/mol. The van der Waals surface area contributed by atoms with Crippen molar-refractivity contribution in [1.82, 2.24) is 10.2 Å². The highest BCUT2D eigenvalue weighted by atomic mass is 16.5. The van der Waals surface area contributed by atoms with Crippen LogP contribution in [0, 0.1) is 0 Å². The summed E-state index contributed by atoms with van der Waals surface area (Å²) in [5.41, 5.74) is 4.76. The molecule has 2 aromatic carbocycles. The topological polar surface area (TPSA) is 111 Å². The minimum absolute atomic E-state index is 0.501. The Morgan fingerprint density at radius 1 is 0.963 bits per heavy atom. The molecular formula is C19H19N3O5. The van der Waals surface area contributed by atoms with Gasteiger partial charge in [-0.05, 0) is 35.4 Å². The van der Waals surface area contributed by atoms with Gasteiger partial charge in [0.1, 0.15) is 18.0 Å². The number of benzene rings is 2. The number of primary amides is 1. The Kier molecular flexibility index (Phi) is 4.72. The van der Waals surface area contributed by atoms with Crippen molar-refractivity contribution in [2.24, 2.45) is 5.73 Å². The molecule has 1 heterocycles. The summed E-state index contributed by atoms with van der Waals surface area (Å²) in [5, 5.41) is 2.73. The van der Waals surface area contributed by atoms with Gasteiger partial charge in [-0.15, -0.1) is 0 Å². The highest BCUT2D eigenvalue weighted by Gasteiger charge is 2.54. The van der Waals surface area contributed by atoms with Crippen molar-refractivity contribution in [2.45, 2.75) is 5.54 Å². The molecule has 8 nitrogen and oxygen atoms in total. The second kappa shape index (κ2) is 6.99. The Hall–Kier alpha value is -3.55. The Morgan fingerprint density at radius 3 is 1.78 bits per heavy atom. The molecule has 1 aliphatic heterocycles. The van der Waals surface area contributed by atoms with Crippen LogP contribution in [0.1, 0.15) is 11.1 Å². The van der Waals surface area contributed by atoms with E-state index >= 15 is 0 Å². The monoisotopic (exact) mass is 369 g/mol. The molecule has 1 aliphatic rings. The molecule has 0 aromatic heterocycles. The van der Waals surface area contributed by atoms with Gasteiger partial charge in [-0.2, -0.15) is 0 Å². The van der Waals surface area contributed by atoms with E-state index in [4.69, 9.17) is 15.2 Å². The fraction of sp³-hybridized carbons (Fsp3) is 0.211. The number of nitrogens with zero attached hydrogens (tertiary/aromatic N) is 1. The number of hydrogen-bond donors (Lipinski definition) is 2. The molecule has 140 valence electrons. The van der Waals surface area contributed by atoms with Crippen molar-refractivity contribution in [3.63, 3.8) is 0 Å². The lowest BCUT2D eigenvalue weighted by atomic mass is 9.82. The van der Waals surface area contributed by atoms with E-state index in [-0.39, 0.29) is 0 Å². The number of rotatable bonds is 6. The summed E-state index contributed by atoms with van der Waals surface area (Å²) >= 11 is 0. The van der Waals surface area contributed by atoms with Crippen LogP contribution in [0.15, 0.2) is 48.5 Å². The SMILES string of the molecule is COc1ccc(C2(c3ccc(OC)cc3)NC(=O)N(CC(N)=O)C2=O)cc1. The third kappa shape index (κ3) is 3.05. The summed E-state index contributed by atoms with van der Waals surface area (Å²) in [6, 6.07) is 12.8. The first kappa shape index (κ1) is 18.2. The number of carbonyl (C=O) groups is 3. The number of nitrogens with one attached hydrogen (secondary N) is 1. The van der Waals surface area contributed by atoms with E-state index in [9.17, 15) is 14.4 Å². The van der Waals surface area contributed by atoms with Crippen LogP contribution in [0.4, 0.5) is 4.79 Å². The largest absolute Gasteiger partial charge is 0.497 e. The zero-order chi connectivity index (χ0) is 19.6. The molecule has 0 aliphatic carbocycles. The molecule has 3 rings (SSSR count). The molecule has 3 N–H and O–H groups in total. The maximum Gasteiger partial charge on any atom is 0.326 e. The number of ether oxygens (including phenoxy) is 2. The average molecular weight is 369 g/mol. The van der Waals surface area contributed by atoms with Crippen molar-refractivity contribution in [3.05, 3.63) is 59.7 Å². The molecule has 27 heavy (non-hydrogen) atoms. The van der Waals surface area contributed by atoms with Crippen LogP contribution in [0.2, 0.25) is 0 Å². The molecule has 0 bridgehead atoms. The van der Waals surface area contributed by atoms with E-state index in [0.29, 0.717) is 22.6 Å². The molecule has 0 unspecified atom stereocenters. The van der Waals surface area contributed by atoms with E-state index < -0.39 is 29.9 Å². The zero-order valence-corrected chi connectivity index (χ0v) is 14.9. The van der Waals surface area contributed by atoms with E-state index in [1.807, 2.05) is 0 Å². The predicted octanol–water partition coefficient (Wildman–Crippen LogP) is 0.984. The van der Waals surface area contributed by atoms with Gasteiger partial charge in [-0.1, -0.05) is 24.3 Å². The quantitative estimate of drug-likeness (QED) is 0.738. The lowest BCUT2D eigenvalue weighted by Crippen LogP contribution is -2.45. The molecule has 4 amide bonds. The Balaban J connectivity index is 2.15. The summed E-state index contributed by atoms with van der Waals surface area (Å²) in [5.74, 6) is -0.149.